The lowest BCUT2D eigenvalue weighted by Gasteiger charge is -2.37. The molecular weight excluding hydrogens is 262 g/mol. The monoisotopic (exact) mass is 281 g/mol. The van der Waals surface area contributed by atoms with Crippen LogP contribution in [-0.2, 0) is 0 Å². The zero-order valence-electron chi connectivity index (χ0n) is 11.7. The quantitative estimate of drug-likeness (QED) is 0.630. The van der Waals surface area contributed by atoms with Crippen LogP contribution in [-0.4, -0.2) is 29.3 Å². The van der Waals surface area contributed by atoms with Crippen LogP contribution < -0.4 is 4.90 Å². The molecule has 1 fully saturated rings. The van der Waals surface area contributed by atoms with Crippen LogP contribution in [0.15, 0.2) is 0 Å². The largest absolute Gasteiger partial charge is 0.356 e. The van der Waals surface area contributed by atoms with Gasteiger partial charge in [0.05, 0.1) is 5.56 Å². The standard InChI is InChI=1S/C14H20ClN3O/c1-9-6-4-5-7-12(9)18(3)14-11(8-19)13(15)16-10(2)17-14/h8-9,12H,4-7H2,1-3H3. The van der Waals surface area contributed by atoms with Crippen LogP contribution in [0.5, 0.6) is 0 Å². The van der Waals surface area contributed by atoms with Gasteiger partial charge >= 0.3 is 0 Å². The molecule has 2 atom stereocenters. The van der Waals surface area contributed by atoms with E-state index in [0.717, 1.165) is 12.7 Å². The number of hydrogen-bond acceptors (Lipinski definition) is 4. The predicted octanol–water partition coefficient (Wildman–Crippen LogP) is 3.27. The fourth-order valence-corrected chi connectivity index (χ4v) is 3.18. The molecule has 1 aromatic rings. The van der Waals surface area contributed by atoms with Crippen LogP contribution in [0.3, 0.4) is 0 Å². The average molecular weight is 282 g/mol. The highest BCUT2D eigenvalue weighted by atomic mass is 35.5. The lowest BCUT2D eigenvalue weighted by molar-refractivity contribution is 0.112. The van der Waals surface area contributed by atoms with Crippen LogP contribution in [0.25, 0.3) is 0 Å². The van der Waals surface area contributed by atoms with E-state index in [4.69, 9.17) is 11.6 Å². The fraction of sp³-hybridized carbons (Fsp3) is 0.643. The van der Waals surface area contributed by atoms with Gasteiger partial charge in [-0.2, -0.15) is 0 Å². The molecule has 1 aliphatic carbocycles. The summed E-state index contributed by atoms with van der Waals surface area (Å²) < 4.78 is 0. The average Bonchev–Trinajstić information content (AvgIpc) is 2.37. The Hall–Kier alpha value is -1.16. The van der Waals surface area contributed by atoms with Gasteiger partial charge in [0.15, 0.2) is 6.29 Å². The smallest absolute Gasteiger partial charge is 0.156 e. The first kappa shape index (κ1) is 14.3. The van der Waals surface area contributed by atoms with Gasteiger partial charge in [-0.15, -0.1) is 0 Å². The summed E-state index contributed by atoms with van der Waals surface area (Å²) >= 11 is 6.05. The van der Waals surface area contributed by atoms with Gasteiger partial charge in [0.2, 0.25) is 0 Å². The van der Waals surface area contributed by atoms with Gasteiger partial charge in [0.1, 0.15) is 16.8 Å². The van der Waals surface area contributed by atoms with Crippen molar-refractivity contribution in [3.8, 4) is 0 Å². The first-order chi connectivity index (χ1) is 9.04. The van der Waals surface area contributed by atoms with E-state index in [1.807, 2.05) is 7.05 Å². The van der Waals surface area contributed by atoms with Crippen LogP contribution in [0.2, 0.25) is 5.15 Å². The molecule has 2 unspecified atom stereocenters. The Morgan fingerprint density at radius 3 is 2.63 bits per heavy atom. The molecule has 5 heteroatoms. The first-order valence-electron chi connectivity index (χ1n) is 6.76. The molecule has 1 aliphatic rings. The number of aromatic nitrogens is 2. The van der Waals surface area contributed by atoms with E-state index in [-0.39, 0.29) is 5.15 Å². The summed E-state index contributed by atoms with van der Waals surface area (Å²) in [4.78, 5) is 21.8. The van der Waals surface area contributed by atoms with Gasteiger partial charge in [-0.3, -0.25) is 4.79 Å². The number of hydrogen-bond donors (Lipinski definition) is 0. The molecule has 0 aromatic carbocycles. The lowest BCUT2D eigenvalue weighted by Crippen LogP contribution is -2.40. The number of carbonyl (C=O) groups is 1. The molecule has 2 rings (SSSR count). The minimum Gasteiger partial charge on any atom is -0.356 e. The number of rotatable bonds is 3. The molecule has 104 valence electrons. The molecule has 0 radical (unpaired) electrons. The summed E-state index contributed by atoms with van der Waals surface area (Å²) in [7, 11) is 2.00. The molecule has 0 bridgehead atoms. The third-order valence-electron chi connectivity index (χ3n) is 4.01. The summed E-state index contributed by atoms with van der Waals surface area (Å²) in [6.45, 7) is 4.05. The Balaban J connectivity index is 2.37. The predicted molar refractivity (Wildman–Crippen MR) is 77.0 cm³/mol. The minimum absolute atomic E-state index is 0.243. The SMILES string of the molecule is Cc1nc(Cl)c(C=O)c(N(C)C2CCCCC2C)n1. The molecule has 4 nitrogen and oxygen atoms in total. The topological polar surface area (TPSA) is 46.1 Å². The normalized spacial score (nSPS) is 23.2. The van der Waals surface area contributed by atoms with Gasteiger partial charge in [-0.25, -0.2) is 9.97 Å². The van der Waals surface area contributed by atoms with E-state index in [0.29, 0.717) is 29.2 Å². The number of aldehydes is 1. The van der Waals surface area contributed by atoms with E-state index in [1.165, 1.54) is 19.3 Å². The van der Waals surface area contributed by atoms with Gasteiger partial charge < -0.3 is 4.90 Å². The van der Waals surface area contributed by atoms with E-state index in [9.17, 15) is 4.79 Å². The highest BCUT2D eigenvalue weighted by Gasteiger charge is 2.28. The van der Waals surface area contributed by atoms with Crippen molar-refractivity contribution in [3.05, 3.63) is 16.5 Å². The van der Waals surface area contributed by atoms with E-state index in [2.05, 4.69) is 21.8 Å². The second-order valence-electron chi connectivity index (χ2n) is 5.36. The summed E-state index contributed by atoms with van der Waals surface area (Å²) in [5.74, 6) is 1.86. The zero-order valence-corrected chi connectivity index (χ0v) is 12.4. The second kappa shape index (κ2) is 5.87. The Bertz CT molecular complexity index is 478. The molecule has 1 heterocycles. The van der Waals surface area contributed by atoms with Crippen molar-refractivity contribution in [3.63, 3.8) is 0 Å². The molecule has 1 saturated carbocycles. The van der Waals surface area contributed by atoms with Crippen molar-refractivity contribution in [1.82, 2.24) is 9.97 Å². The van der Waals surface area contributed by atoms with Crippen molar-refractivity contribution >= 4 is 23.7 Å². The highest BCUT2D eigenvalue weighted by molar-refractivity contribution is 6.32. The Kier molecular flexibility index (Phi) is 4.40. The summed E-state index contributed by atoms with van der Waals surface area (Å²) in [6, 6.07) is 0.415. The molecule has 0 aliphatic heterocycles. The van der Waals surface area contributed by atoms with Crippen LogP contribution >= 0.6 is 11.6 Å². The van der Waals surface area contributed by atoms with Gasteiger partial charge in [-0.1, -0.05) is 31.4 Å². The van der Waals surface area contributed by atoms with Crippen molar-refractivity contribution in [2.45, 2.75) is 45.6 Å². The summed E-state index contributed by atoms with van der Waals surface area (Å²) in [6.07, 6.45) is 5.63. The summed E-state index contributed by atoms with van der Waals surface area (Å²) in [5, 5.41) is 0.243. The zero-order chi connectivity index (χ0) is 14.0. The third-order valence-corrected chi connectivity index (χ3v) is 4.29. The molecule has 19 heavy (non-hydrogen) atoms. The Morgan fingerprint density at radius 1 is 1.32 bits per heavy atom. The van der Waals surface area contributed by atoms with Gasteiger partial charge in [0, 0.05) is 13.1 Å². The third kappa shape index (κ3) is 2.89. The number of nitrogens with zero attached hydrogens (tertiary/aromatic N) is 3. The number of halogens is 1. The first-order valence-corrected chi connectivity index (χ1v) is 7.14. The van der Waals surface area contributed by atoms with Crippen LogP contribution in [0.4, 0.5) is 5.82 Å². The molecule has 0 spiro atoms. The second-order valence-corrected chi connectivity index (χ2v) is 5.71. The molecule has 1 aromatic heterocycles. The van der Waals surface area contributed by atoms with Crippen molar-refractivity contribution in [2.75, 3.05) is 11.9 Å². The van der Waals surface area contributed by atoms with Crippen molar-refractivity contribution < 1.29 is 4.79 Å². The van der Waals surface area contributed by atoms with Crippen molar-refractivity contribution in [2.24, 2.45) is 5.92 Å². The van der Waals surface area contributed by atoms with E-state index >= 15 is 0 Å². The lowest BCUT2D eigenvalue weighted by atomic mass is 9.85. The minimum atomic E-state index is 0.243. The Morgan fingerprint density at radius 2 is 2.00 bits per heavy atom. The van der Waals surface area contributed by atoms with Gasteiger partial charge in [0.25, 0.3) is 0 Å². The maximum atomic E-state index is 11.2. The highest BCUT2D eigenvalue weighted by Crippen LogP contribution is 2.32. The summed E-state index contributed by atoms with van der Waals surface area (Å²) in [5.41, 5.74) is 0.396. The van der Waals surface area contributed by atoms with E-state index < -0.39 is 0 Å². The molecule has 0 saturated heterocycles. The van der Waals surface area contributed by atoms with Crippen LogP contribution in [0.1, 0.15) is 48.8 Å². The maximum Gasteiger partial charge on any atom is 0.156 e. The molecular formula is C14H20ClN3O. The number of carbonyl (C=O) groups excluding carboxylic acids is 1. The van der Waals surface area contributed by atoms with Crippen LogP contribution in [0, 0.1) is 12.8 Å². The maximum absolute atomic E-state index is 11.2. The van der Waals surface area contributed by atoms with Gasteiger partial charge in [-0.05, 0) is 25.7 Å². The number of anilines is 1. The Labute approximate surface area is 119 Å². The molecule has 0 amide bonds. The number of aryl methyl sites for hydroxylation is 1. The van der Waals surface area contributed by atoms with Crippen molar-refractivity contribution in [1.29, 1.82) is 0 Å². The fourth-order valence-electron chi connectivity index (χ4n) is 2.93. The van der Waals surface area contributed by atoms with E-state index in [1.54, 1.807) is 6.92 Å². The molecule has 0 N–H and O–H groups in total.